The van der Waals surface area contributed by atoms with E-state index < -0.39 is 0 Å². The minimum Gasteiger partial charge on any atom is -0.496 e. The van der Waals surface area contributed by atoms with E-state index in [-0.39, 0.29) is 0 Å². The lowest BCUT2D eigenvalue weighted by molar-refractivity contribution is 0.418. The smallest absolute Gasteiger partial charge is 0.191 e. The van der Waals surface area contributed by atoms with Crippen LogP contribution in [0.4, 0.5) is 11.5 Å². The lowest BCUT2D eigenvalue weighted by Crippen LogP contribution is -2.39. The van der Waals surface area contributed by atoms with Gasteiger partial charge in [0.25, 0.3) is 0 Å². The fourth-order valence-electron chi connectivity index (χ4n) is 4.00. The molecular formula is C23H26N6O2S. The summed E-state index contributed by atoms with van der Waals surface area (Å²) < 4.78 is 16.5. The highest BCUT2D eigenvalue weighted by Crippen LogP contribution is 2.36. The third kappa shape index (κ3) is 4.39. The second kappa shape index (κ2) is 9.13. The SMILES string of the molecule is COc1cc(Cn2cccn2)cc2onc(NSc3cccc(N4CCC(N)CC4)c3)c12. The van der Waals surface area contributed by atoms with E-state index in [1.165, 1.54) is 17.6 Å². The summed E-state index contributed by atoms with van der Waals surface area (Å²) in [6.07, 6.45) is 5.75. The van der Waals surface area contributed by atoms with E-state index >= 15 is 0 Å². The number of aromatic nitrogens is 3. The number of benzene rings is 2. The third-order valence-electron chi connectivity index (χ3n) is 5.71. The van der Waals surface area contributed by atoms with Gasteiger partial charge in [0.15, 0.2) is 11.4 Å². The quantitative estimate of drug-likeness (QED) is 0.406. The van der Waals surface area contributed by atoms with Crippen LogP contribution >= 0.6 is 11.9 Å². The Kier molecular flexibility index (Phi) is 5.91. The van der Waals surface area contributed by atoms with Crippen molar-refractivity contribution in [1.29, 1.82) is 0 Å². The maximum Gasteiger partial charge on any atom is 0.191 e. The topological polar surface area (TPSA) is 94.4 Å². The summed E-state index contributed by atoms with van der Waals surface area (Å²) in [4.78, 5) is 3.49. The number of nitrogens with one attached hydrogen (secondary N) is 1. The Labute approximate surface area is 190 Å². The number of hydrogen-bond acceptors (Lipinski definition) is 8. The molecule has 1 aliphatic heterocycles. The van der Waals surface area contributed by atoms with Gasteiger partial charge in [-0.3, -0.25) is 4.68 Å². The lowest BCUT2D eigenvalue weighted by Gasteiger charge is -2.32. The van der Waals surface area contributed by atoms with Gasteiger partial charge in [0.2, 0.25) is 0 Å². The minimum atomic E-state index is 0.320. The summed E-state index contributed by atoms with van der Waals surface area (Å²) >= 11 is 1.51. The molecule has 0 radical (unpaired) electrons. The summed E-state index contributed by atoms with van der Waals surface area (Å²) in [5.41, 5.74) is 8.97. The maximum absolute atomic E-state index is 6.05. The first-order valence-corrected chi connectivity index (χ1v) is 11.5. The van der Waals surface area contributed by atoms with Gasteiger partial charge in [0, 0.05) is 42.1 Å². The Hall–Kier alpha value is -3.17. The van der Waals surface area contributed by atoms with Gasteiger partial charge in [-0.25, -0.2) is 0 Å². The molecule has 0 amide bonds. The molecule has 1 fully saturated rings. The molecule has 5 rings (SSSR count). The molecule has 0 atom stereocenters. The minimum absolute atomic E-state index is 0.320. The summed E-state index contributed by atoms with van der Waals surface area (Å²) in [5.74, 6) is 1.36. The number of anilines is 2. The van der Waals surface area contributed by atoms with Crippen molar-refractivity contribution in [2.24, 2.45) is 5.73 Å². The van der Waals surface area contributed by atoms with Crippen LogP contribution in [-0.4, -0.2) is 41.2 Å². The molecular weight excluding hydrogens is 424 g/mol. The molecule has 0 spiro atoms. The van der Waals surface area contributed by atoms with Gasteiger partial charge in [-0.15, -0.1) is 0 Å². The van der Waals surface area contributed by atoms with Gasteiger partial charge in [0.1, 0.15) is 11.1 Å². The van der Waals surface area contributed by atoms with E-state index in [1.54, 1.807) is 13.3 Å². The number of ether oxygens (including phenoxy) is 1. The van der Waals surface area contributed by atoms with Gasteiger partial charge in [0.05, 0.1) is 13.7 Å². The van der Waals surface area contributed by atoms with E-state index in [1.807, 2.05) is 29.1 Å². The molecule has 2 aromatic heterocycles. The fourth-order valence-corrected chi connectivity index (χ4v) is 4.68. The molecule has 166 valence electrons. The predicted octanol–water partition coefficient (Wildman–Crippen LogP) is 4.13. The first-order valence-electron chi connectivity index (χ1n) is 10.7. The standard InChI is InChI=1S/C23H26N6O2S/c1-30-20-12-16(15-29-9-3-8-25-29)13-21-22(20)23(26-31-21)27-32-19-5-2-4-18(14-19)28-10-6-17(24)7-11-28/h2-5,8-9,12-14,17H,6-7,10-11,15,24H2,1H3,(H,26,27). The summed E-state index contributed by atoms with van der Waals surface area (Å²) in [7, 11) is 1.66. The van der Waals surface area contributed by atoms with Crippen molar-refractivity contribution in [3.8, 4) is 5.75 Å². The van der Waals surface area contributed by atoms with E-state index in [9.17, 15) is 0 Å². The molecule has 1 saturated heterocycles. The molecule has 2 aromatic carbocycles. The molecule has 1 aliphatic rings. The van der Waals surface area contributed by atoms with Gasteiger partial charge < -0.3 is 24.6 Å². The third-order valence-corrected chi connectivity index (χ3v) is 6.49. The van der Waals surface area contributed by atoms with Gasteiger partial charge in [-0.2, -0.15) is 5.10 Å². The van der Waals surface area contributed by atoms with Gasteiger partial charge in [-0.1, -0.05) is 11.2 Å². The van der Waals surface area contributed by atoms with Crippen molar-refractivity contribution in [2.75, 3.05) is 29.8 Å². The summed E-state index contributed by atoms with van der Waals surface area (Å²) in [6, 6.07) is 14.7. The molecule has 0 aliphatic carbocycles. The second-order valence-corrected chi connectivity index (χ2v) is 8.81. The van der Waals surface area contributed by atoms with Crippen LogP contribution < -0.4 is 20.1 Å². The molecule has 0 unspecified atom stereocenters. The van der Waals surface area contributed by atoms with Crippen molar-refractivity contribution in [3.05, 3.63) is 60.4 Å². The molecule has 9 heteroatoms. The number of fused-ring (bicyclic) bond motifs is 1. The van der Waals surface area contributed by atoms with Crippen LogP contribution in [-0.2, 0) is 6.54 Å². The lowest BCUT2D eigenvalue weighted by atomic mass is 10.1. The molecule has 8 nitrogen and oxygen atoms in total. The molecule has 3 heterocycles. The zero-order valence-electron chi connectivity index (χ0n) is 17.9. The molecule has 3 N–H and O–H groups in total. The highest BCUT2D eigenvalue weighted by Gasteiger charge is 2.18. The maximum atomic E-state index is 6.05. The normalized spacial score (nSPS) is 14.8. The number of nitrogens with two attached hydrogens (primary N) is 1. The van der Waals surface area contributed by atoms with Crippen LogP contribution in [0.3, 0.4) is 0 Å². The summed E-state index contributed by atoms with van der Waals surface area (Å²) in [6.45, 7) is 2.62. The highest BCUT2D eigenvalue weighted by molar-refractivity contribution is 8.00. The van der Waals surface area contributed by atoms with Crippen LogP contribution in [0.1, 0.15) is 18.4 Å². The fraction of sp³-hybridized carbons (Fsp3) is 0.304. The van der Waals surface area contributed by atoms with Crippen molar-refractivity contribution >= 4 is 34.4 Å². The first-order chi connectivity index (χ1) is 15.7. The van der Waals surface area contributed by atoms with Crippen LogP contribution in [0.5, 0.6) is 5.75 Å². The number of rotatable bonds is 7. The van der Waals surface area contributed by atoms with E-state index in [0.29, 0.717) is 29.7 Å². The highest BCUT2D eigenvalue weighted by atomic mass is 32.2. The number of nitrogens with zero attached hydrogens (tertiary/aromatic N) is 4. The second-order valence-electron chi connectivity index (χ2n) is 7.93. The van der Waals surface area contributed by atoms with Crippen molar-refractivity contribution in [2.45, 2.75) is 30.3 Å². The first kappa shape index (κ1) is 20.7. The molecule has 32 heavy (non-hydrogen) atoms. The van der Waals surface area contributed by atoms with E-state index in [2.05, 4.69) is 44.1 Å². The average molecular weight is 451 g/mol. The van der Waals surface area contributed by atoms with Crippen LogP contribution in [0.25, 0.3) is 11.0 Å². The van der Waals surface area contributed by atoms with Crippen molar-refractivity contribution in [1.82, 2.24) is 14.9 Å². The largest absolute Gasteiger partial charge is 0.496 e. The van der Waals surface area contributed by atoms with Crippen molar-refractivity contribution in [3.63, 3.8) is 0 Å². The number of hydrogen-bond donors (Lipinski definition) is 2. The Balaban J connectivity index is 1.33. The van der Waals surface area contributed by atoms with Gasteiger partial charge in [-0.05, 0) is 66.8 Å². The Morgan fingerprint density at radius 2 is 2.09 bits per heavy atom. The molecule has 0 saturated carbocycles. The van der Waals surface area contributed by atoms with E-state index in [0.717, 1.165) is 41.8 Å². The van der Waals surface area contributed by atoms with Gasteiger partial charge >= 0.3 is 0 Å². The average Bonchev–Trinajstić information content (AvgIpc) is 3.48. The Morgan fingerprint density at radius 1 is 1.22 bits per heavy atom. The van der Waals surface area contributed by atoms with Crippen LogP contribution in [0.15, 0.2) is 64.3 Å². The van der Waals surface area contributed by atoms with Crippen LogP contribution in [0, 0.1) is 0 Å². The zero-order chi connectivity index (χ0) is 21.9. The number of methoxy groups -OCH3 is 1. The monoisotopic (exact) mass is 450 g/mol. The van der Waals surface area contributed by atoms with Crippen molar-refractivity contribution < 1.29 is 9.26 Å². The zero-order valence-corrected chi connectivity index (χ0v) is 18.7. The number of piperidine rings is 1. The Morgan fingerprint density at radius 3 is 2.88 bits per heavy atom. The van der Waals surface area contributed by atoms with Crippen LogP contribution in [0.2, 0.25) is 0 Å². The summed E-state index contributed by atoms with van der Waals surface area (Å²) in [5, 5.41) is 9.33. The predicted molar refractivity (Wildman–Crippen MR) is 127 cm³/mol. The molecule has 4 aromatic rings. The Bertz CT molecular complexity index is 1180. The van der Waals surface area contributed by atoms with E-state index in [4.69, 9.17) is 15.0 Å². The molecule has 0 bridgehead atoms.